The highest BCUT2D eigenvalue weighted by Gasteiger charge is 2.32. The van der Waals surface area contributed by atoms with Crippen LogP contribution in [0.4, 0.5) is 0 Å². The molecule has 4 unspecified atom stereocenters. The Hall–Kier alpha value is -0.590. The summed E-state index contributed by atoms with van der Waals surface area (Å²) in [5, 5.41) is 12.5. The number of nitrogens with zero attached hydrogens (tertiary/aromatic N) is 1. The van der Waals surface area contributed by atoms with Crippen molar-refractivity contribution < 1.29 is 4.74 Å². The molecule has 3 heteroatoms. The van der Waals surface area contributed by atoms with E-state index in [1.165, 1.54) is 19.3 Å². The Labute approximate surface area is 125 Å². The van der Waals surface area contributed by atoms with Crippen molar-refractivity contribution in [3.63, 3.8) is 0 Å². The summed E-state index contributed by atoms with van der Waals surface area (Å²) < 4.78 is 6.18. The van der Waals surface area contributed by atoms with Gasteiger partial charge in [-0.1, -0.05) is 34.1 Å². The molecule has 0 saturated heterocycles. The molecule has 116 valence electrons. The van der Waals surface area contributed by atoms with E-state index in [2.05, 4.69) is 32.2 Å². The summed E-state index contributed by atoms with van der Waals surface area (Å²) in [4.78, 5) is 0. The van der Waals surface area contributed by atoms with Gasteiger partial charge in [-0.15, -0.1) is 0 Å². The molecule has 0 aromatic rings. The molecule has 0 spiro atoms. The summed E-state index contributed by atoms with van der Waals surface area (Å²) >= 11 is 0. The Morgan fingerprint density at radius 1 is 1.40 bits per heavy atom. The molecule has 1 rings (SSSR count). The minimum Gasteiger partial charge on any atom is -0.378 e. The summed E-state index contributed by atoms with van der Waals surface area (Å²) in [6.07, 6.45) is 4.92. The third-order valence-electron chi connectivity index (χ3n) is 4.71. The summed E-state index contributed by atoms with van der Waals surface area (Å²) in [6.45, 7) is 12.4. The first-order valence-corrected chi connectivity index (χ1v) is 8.19. The van der Waals surface area contributed by atoms with E-state index >= 15 is 0 Å². The largest absolute Gasteiger partial charge is 0.378 e. The minimum absolute atomic E-state index is 0.378. The smallest absolute Gasteiger partial charge is 0.106 e. The van der Waals surface area contributed by atoms with Crippen LogP contribution in [0, 0.1) is 29.1 Å². The fourth-order valence-corrected chi connectivity index (χ4v) is 3.29. The molecular formula is C17H32N2O. The van der Waals surface area contributed by atoms with Crippen LogP contribution in [0.15, 0.2) is 0 Å². The molecule has 0 aliphatic heterocycles. The van der Waals surface area contributed by atoms with E-state index in [1.807, 2.05) is 13.8 Å². The zero-order valence-electron chi connectivity index (χ0n) is 13.9. The molecule has 0 radical (unpaired) electrons. The highest BCUT2D eigenvalue weighted by Crippen LogP contribution is 2.35. The van der Waals surface area contributed by atoms with Gasteiger partial charge in [0.25, 0.3) is 0 Å². The summed E-state index contributed by atoms with van der Waals surface area (Å²) in [5.41, 5.74) is -0.456. The van der Waals surface area contributed by atoms with Crippen molar-refractivity contribution in [1.82, 2.24) is 5.32 Å². The second kappa shape index (κ2) is 8.00. The van der Waals surface area contributed by atoms with Crippen LogP contribution in [0.3, 0.4) is 0 Å². The van der Waals surface area contributed by atoms with E-state index in [-0.39, 0.29) is 0 Å². The molecule has 0 amide bonds. The van der Waals surface area contributed by atoms with Gasteiger partial charge in [0.2, 0.25) is 0 Å². The molecule has 1 aliphatic rings. The quantitative estimate of drug-likeness (QED) is 0.772. The van der Waals surface area contributed by atoms with E-state index in [0.29, 0.717) is 24.5 Å². The van der Waals surface area contributed by atoms with E-state index < -0.39 is 5.54 Å². The van der Waals surface area contributed by atoms with Gasteiger partial charge in [-0.25, -0.2) is 0 Å². The fourth-order valence-electron chi connectivity index (χ4n) is 3.29. The Morgan fingerprint density at radius 3 is 2.65 bits per heavy atom. The molecule has 1 N–H and O–H groups in total. The van der Waals surface area contributed by atoms with Crippen LogP contribution in [-0.2, 0) is 4.74 Å². The first-order chi connectivity index (χ1) is 9.41. The lowest BCUT2D eigenvalue weighted by molar-refractivity contribution is -0.0424. The molecule has 20 heavy (non-hydrogen) atoms. The molecule has 0 heterocycles. The maximum absolute atomic E-state index is 9.27. The average molecular weight is 280 g/mol. The molecule has 0 aromatic carbocycles. The van der Waals surface area contributed by atoms with Gasteiger partial charge in [-0.05, 0) is 44.1 Å². The van der Waals surface area contributed by atoms with Crippen LogP contribution in [0.2, 0.25) is 0 Å². The number of rotatable bonds is 7. The van der Waals surface area contributed by atoms with Gasteiger partial charge in [-0.2, -0.15) is 5.26 Å². The first-order valence-electron chi connectivity index (χ1n) is 8.19. The Balaban J connectivity index is 2.47. The lowest BCUT2D eigenvalue weighted by atomic mass is 9.75. The van der Waals surface area contributed by atoms with Crippen LogP contribution in [-0.4, -0.2) is 24.8 Å². The number of hydrogen-bond acceptors (Lipinski definition) is 3. The number of nitriles is 1. The molecule has 4 atom stereocenters. The van der Waals surface area contributed by atoms with Gasteiger partial charge in [0.15, 0.2) is 0 Å². The topological polar surface area (TPSA) is 45.0 Å². The lowest BCUT2D eigenvalue weighted by Crippen LogP contribution is -2.42. The SMILES string of the molecule is CCNC(C)(C#N)CCOC1CC(C)CCC1C(C)C. The molecule has 1 saturated carbocycles. The zero-order valence-corrected chi connectivity index (χ0v) is 13.9. The third kappa shape index (κ3) is 5.07. The summed E-state index contributed by atoms with van der Waals surface area (Å²) in [5.74, 6) is 2.13. The number of hydrogen-bond donors (Lipinski definition) is 1. The van der Waals surface area contributed by atoms with Crippen molar-refractivity contribution in [2.24, 2.45) is 17.8 Å². The predicted molar refractivity (Wildman–Crippen MR) is 83.4 cm³/mol. The highest BCUT2D eigenvalue weighted by molar-refractivity contribution is 5.03. The van der Waals surface area contributed by atoms with Crippen molar-refractivity contribution in [1.29, 1.82) is 5.26 Å². The lowest BCUT2D eigenvalue weighted by Gasteiger charge is -2.37. The molecule has 0 aromatic heterocycles. The molecule has 0 bridgehead atoms. The summed E-state index contributed by atoms with van der Waals surface area (Å²) in [6, 6.07) is 2.37. The van der Waals surface area contributed by atoms with Crippen LogP contribution in [0.1, 0.15) is 60.3 Å². The first kappa shape index (κ1) is 17.5. The van der Waals surface area contributed by atoms with Gasteiger partial charge in [0, 0.05) is 13.0 Å². The standard InChI is InChI=1S/C17H32N2O/c1-6-19-17(5,12-18)9-10-20-16-11-14(4)7-8-15(16)13(2)3/h13-16,19H,6-11H2,1-5H3. The van der Waals surface area contributed by atoms with Crippen molar-refractivity contribution in [3.05, 3.63) is 0 Å². The van der Waals surface area contributed by atoms with Crippen LogP contribution in [0.25, 0.3) is 0 Å². The van der Waals surface area contributed by atoms with Gasteiger partial charge >= 0.3 is 0 Å². The Bertz CT molecular complexity index is 323. The van der Waals surface area contributed by atoms with Crippen molar-refractivity contribution in [2.45, 2.75) is 71.9 Å². The van der Waals surface area contributed by atoms with E-state index in [9.17, 15) is 5.26 Å². The Kier molecular flexibility index (Phi) is 6.99. The fraction of sp³-hybridized carbons (Fsp3) is 0.941. The van der Waals surface area contributed by atoms with Crippen LogP contribution >= 0.6 is 0 Å². The maximum atomic E-state index is 9.27. The van der Waals surface area contributed by atoms with Crippen molar-refractivity contribution in [3.8, 4) is 6.07 Å². The van der Waals surface area contributed by atoms with Gasteiger partial charge in [0.05, 0.1) is 12.2 Å². The third-order valence-corrected chi connectivity index (χ3v) is 4.71. The van der Waals surface area contributed by atoms with Gasteiger partial charge in [0.1, 0.15) is 5.54 Å². The highest BCUT2D eigenvalue weighted by atomic mass is 16.5. The van der Waals surface area contributed by atoms with Crippen LogP contribution < -0.4 is 5.32 Å². The van der Waals surface area contributed by atoms with Gasteiger partial charge in [-0.3, -0.25) is 5.32 Å². The minimum atomic E-state index is -0.456. The number of nitrogens with one attached hydrogen (secondary N) is 1. The van der Waals surface area contributed by atoms with E-state index in [4.69, 9.17) is 4.74 Å². The Morgan fingerprint density at radius 2 is 2.10 bits per heavy atom. The average Bonchev–Trinajstić information content (AvgIpc) is 2.38. The monoisotopic (exact) mass is 280 g/mol. The van der Waals surface area contributed by atoms with Crippen molar-refractivity contribution >= 4 is 0 Å². The maximum Gasteiger partial charge on any atom is 0.106 e. The second-order valence-corrected chi connectivity index (χ2v) is 6.96. The normalized spacial score (nSPS) is 29.9. The predicted octanol–water partition coefficient (Wildman–Crippen LogP) is 3.75. The molecule has 1 fully saturated rings. The molecule has 3 nitrogen and oxygen atoms in total. The van der Waals surface area contributed by atoms with Gasteiger partial charge < -0.3 is 4.74 Å². The molecular weight excluding hydrogens is 248 g/mol. The van der Waals surface area contributed by atoms with E-state index in [0.717, 1.165) is 18.9 Å². The second-order valence-electron chi connectivity index (χ2n) is 6.96. The van der Waals surface area contributed by atoms with Crippen molar-refractivity contribution in [2.75, 3.05) is 13.2 Å². The number of ether oxygens (including phenoxy) is 1. The molecule has 1 aliphatic carbocycles. The zero-order chi connectivity index (χ0) is 15.2. The van der Waals surface area contributed by atoms with E-state index in [1.54, 1.807) is 0 Å². The summed E-state index contributed by atoms with van der Waals surface area (Å²) in [7, 11) is 0. The van der Waals surface area contributed by atoms with Crippen LogP contribution in [0.5, 0.6) is 0 Å².